The van der Waals surface area contributed by atoms with E-state index >= 15 is 0 Å². The first-order valence-corrected chi connectivity index (χ1v) is 11.3. The van der Waals surface area contributed by atoms with Crippen LogP contribution < -0.4 is 10.6 Å². The summed E-state index contributed by atoms with van der Waals surface area (Å²) in [5.41, 5.74) is 3.82. The fraction of sp³-hybridized carbons (Fsp3) is 0.320. The van der Waals surface area contributed by atoms with Crippen LogP contribution in [0.4, 0.5) is 6.01 Å². The predicted molar refractivity (Wildman–Crippen MR) is 120 cm³/mol. The van der Waals surface area contributed by atoms with Crippen LogP contribution in [-0.4, -0.2) is 38.9 Å². The quantitative estimate of drug-likeness (QED) is 0.299. The first-order chi connectivity index (χ1) is 16.4. The molecule has 0 bridgehead atoms. The molecule has 1 aromatic heterocycles. The molecule has 12 heteroatoms. The van der Waals surface area contributed by atoms with Crippen LogP contribution in [0.25, 0.3) is 11.5 Å². The van der Waals surface area contributed by atoms with Crippen LogP contribution in [0.15, 0.2) is 40.8 Å². The van der Waals surface area contributed by atoms with Crippen LogP contribution in [0.3, 0.4) is 0 Å². The van der Waals surface area contributed by atoms with E-state index < -0.39 is 17.5 Å². The fourth-order valence-electron chi connectivity index (χ4n) is 4.65. The molecule has 3 amide bonds. The molecule has 1 saturated heterocycles. The van der Waals surface area contributed by atoms with Gasteiger partial charge in [-0.05, 0) is 38.3 Å². The van der Waals surface area contributed by atoms with Crippen molar-refractivity contribution < 1.29 is 88.8 Å². The summed E-state index contributed by atoms with van der Waals surface area (Å²) >= 11 is 0. The number of nitrogens with one attached hydrogen (secondary N) is 2. The maximum absolute atomic E-state index is 13.1. The molecule has 37 heavy (non-hydrogen) atoms. The second kappa shape index (κ2) is 11.0. The monoisotopic (exact) mass is 1080 g/mol. The van der Waals surface area contributed by atoms with Crippen molar-refractivity contribution in [3.63, 3.8) is 0 Å². The number of nitrogens with zero attached hydrogens (tertiary/aromatic N) is 3. The number of carbonyl (C=O) groups excluding carboxylic acids is 3. The summed E-state index contributed by atoms with van der Waals surface area (Å²) in [5, 5.41) is 14.0. The number of amides is 3. The summed E-state index contributed by atoms with van der Waals surface area (Å²) < 4.78 is 5.85. The Kier molecular flexibility index (Phi) is 8.57. The van der Waals surface area contributed by atoms with Gasteiger partial charge in [0.1, 0.15) is 6.04 Å². The van der Waals surface area contributed by atoms with E-state index in [4.69, 9.17) is 4.42 Å². The maximum atomic E-state index is 13.1. The summed E-state index contributed by atoms with van der Waals surface area (Å²) in [4.78, 5) is 38.4. The fourth-order valence-corrected chi connectivity index (χ4v) is 4.65. The zero-order valence-electron chi connectivity index (χ0n) is 19.8. The molecule has 0 radical (unpaired) electrons. The van der Waals surface area contributed by atoms with Gasteiger partial charge < -0.3 is 14.6 Å². The van der Waals surface area contributed by atoms with Gasteiger partial charge in [0, 0.05) is 94.1 Å². The Morgan fingerprint density at radius 2 is 1.89 bits per heavy atom. The van der Waals surface area contributed by atoms with Gasteiger partial charge in [-0.15, -0.1) is 16.2 Å². The van der Waals surface area contributed by atoms with E-state index in [1.54, 1.807) is 0 Å². The third kappa shape index (κ3) is 5.33. The minimum atomic E-state index is -0.638. The third-order valence-electron chi connectivity index (χ3n) is 6.81. The van der Waals surface area contributed by atoms with Crippen molar-refractivity contribution in [1.29, 1.82) is 0 Å². The van der Waals surface area contributed by atoms with Gasteiger partial charge in [0.25, 0.3) is 0 Å². The zero-order valence-corrected chi connectivity index (χ0v) is 29.4. The van der Waals surface area contributed by atoms with Gasteiger partial charge in [-0.3, -0.25) is 19.7 Å². The molecule has 6 rings (SSSR count). The molecule has 2 N–H and O–H groups in total. The number of hydrogen-bond acceptors (Lipinski definition) is 7. The van der Waals surface area contributed by atoms with Crippen molar-refractivity contribution in [3.8, 4) is 11.5 Å². The number of rotatable bonds is 5. The number of carbonyl (C=O) groups is 3. The van der Waals surface area contributed by atoms with Crippen LogP contribution in [0.5, 0.6) is 0 Å². The van der Waals surface area contributed by atoms with Crippen LogP contribution in [0, 0.1) is 83.0 Å². The molecule has 9 nitrogen and oxygen atoms in total. The van der Waals surface area contributed by atoms with Crippen LogP contribution >= 0.6 is 0 Å². The molecular weight excluding hydrogens is 1070 g/mol. The maximum Gasteiger partial charge on any atom is 0.315 e. The molecule has 2 aliphatic heterocycles. The van der Waals surface area contributed by atoms with E-state index in [1.807, 2.05) is 43.3 Å². The van der Waals surface area contributed by atoms with Crippen molar-refractivity contribution >= 4 is 23.7 Å². The molecule has 190 valence electrons. The number of piperidine rings is 1. The summed E-state index contributed by atoms with van der Waals surface area (Å²) in [5.74, 6) is -0.488. The van der Waals surface area contributed by atoms with Crippen molar-refractivity contribution in [3.05, 3.63) is 64.7 Å². The molecule has 3 aromatic rings. The Bertz CT molecular complexity index is 1350. The van der Waals surface area contributed by atoms with E-state index in [-0.39, 0.29) is 88.2 Å². The number of hydrogen-bond donors (Lipinski definition) is 2. The molecule has 1 atom stereocenters. The summed E-state index contributed by atoms with van der Waals surface area (Å²) in [7, 11) is 0. The Morgan fingerprint density at radius 1 is 1.16 bits per heavy atom. The number of aromatic nitrogens is 2. The van der Waals surface area contributed by atoms with E-state index in [9.17, 15) is 14.4 Å². The predicted octanol–water partition coefficient (Wildman–Crippen LogP) is 2.71. The average molecular weight is 1090 g/mol. The molecule has 3 heterocycles. The van der Waals surface area contributed by atoms with E-state index in [0.717, 1.165) is 35.1 Å². The Labute approximate surface area is 262 Å². The standard InChI is InChI=1S/C25H22N5O4.Cm.Nd.Pu/c1-14-2-4-15(5-3-14)22-28-29-24(34-22)27-25(10-11-25)17-7-6-16-13-30(23(33)18(16)12-17)19-8-9-20(31)26-21(19)32;;;/h2-5,7,12,19H,8-11,13H2,1H3,(H,27,29)(H,26,31,32);;;/q-1;;;. The van der Waals surface area contributed by atoms with Crippen molar-refractivity contribution in [2.45, 2.75) is 50.7 Å². The minimum Gasteiger partial charge on any atom is -0.403 e. The smallest absolute Gasteiger partial charge is 0.315 e. The molecule has 1 saturated carbocycles. The van der Waals surface area contributed by atoms with E-state index in [0.29, 0.717) is 30.4 Å². The topological polar surface area (TPSA) is 117 Å². The SMILES string of the molecule is Cc1ccc(-c2nnc(NC3(c4c[c-]c5c(c4)C(=O)N(C4CCC(=O)NC4=O)C5)CC3)o2)cc1.[Cm].[Nd].[Pu]. The normalized spacial score (nSPS) is 19.1. The average Bonchev–Trinajstić information content (AvgIpc) is 3.33. The number of imide groups is 1. The van der Waals surface area contributed by atoms with Crippen LogP contribution in [0.1, 0.15) is 52.7 Å². The largest absolute Gasteiger partial charge is 0.403 e. The van der Waals surface area contributed by atoms with E-state index in [2.05, 4.69) is 26.9 Å². The second-order valence-electron chi connectivity index (χ2n) is 9.17. The molecule has 2 aromatic carbocycles. The van der Waals surface area contributed by atoms with Crippen LogP contribution in [0.2, 0.25) is 0 Å². The van der Waals surface area contributed by atoms with Crippen molar-refractivity contribution in [2.24, 2.45) is 0 Å². The molecular formula is C25H22CmN5NdO4Pu-. The van der Waals surface area contributed by atoms with Gasteiger partial charge in [-0.25, -0.2) is 0 Å². The van der Waals surface area contributed by atoms with Gasteiger partial charge in [0.05, 0.1) is 0 Å². The Morgan fingerprint density at radius 3 is 2.57 bits per heavy atom. The molecule has 2 fully saturated rings. The molecule has 1 unspecified atom stereocenters. The number of aryl methyl sites for hydroxylation is 1. The van der Waals surface area contributed by atoms with Gasteiger partial charge in [0.2, 0.25) is 17.7 Å². The summed E-state index contributed by atoms with van der Waals surface area (Å²) in [6, 6.07) is 14.5. The first kappa shape index (κ1) is 28.9. The van der Waals surface area contributed by atoms with Gasteiger partial charge in [-0.1, -0.05) is 28.4 Å². The Hall–Kier alpha value is -2.67. The van der Waals surface area contributed by atoms with Crippen LogP contribution in [-0.2, 0) is 21.7 Å². The van der Waals surface area contributed by atoms with Crippen molar-refractivity contribution in [1.82, 2.24) is 20.4 Å². The second-order valence-corrected chi connectivity index (χ2v) is 9.17. The van der Waals surface area contributed by atoms with Gasteiger partial charge >= 0.3 is 6.01 Å². The van der Waals surface area contributed by atoms with Crippen molar-refractivity contribution in [2.75, 3.05) is 5.32 Å². The first-order valence-electron chi connectivity index (χ1n) is 11.3. The van der Waals surface area contributed by atoms with Gasteiger partial charge in [0.15, 0.2) is 5.91 Å². The number of fused-ring (bicyclic) bond motifs is 1. The molecule has 1 aliphatic carbocycles. The van der Waals surface area contributed by atoms with Gasteiger partial charge in [-0.2, -0.15) is 18.2 Å². The molecule has 0 spiro atoms. The zero-order chi connectivity index (χ0) is 23.4. The number of benzene rings is 2. The van der Waals surface area contributed by atoms with E-state index in [1.165, 1.54) is 4.90 Å². The minimum absolute atomic E-state index is 0. The summed E-state index contributed by atoms with van der Waals surface area (Å²) in [6.45, 7) is 2.33. The summed E-state index contributed by atoms with van der Waals surface area (Å²) in [6.07, 6.45) is 2.27. The third-order valence-corrected chi connectivity index (χ3v) is 6.81. The molecule has 3 aliphatic rings. The Balaban J connectivity index is 0.00000127. The number of anilines is 1.